The summed E-state index contributed by atoms with van der Waals surface area (Å²) >= 11 is 3.52. The summed E-state index contributed by atoms with van der Waals surface area (Å²) in [5.41, 5.74) is 2.46. The molecule has 1 N–H and O–H groups in total. The van der Waals surface area contributed by atoms with Gasteiger partial charge in [0.25, 0.3) is 0 Å². The Bertz CT molecular complexity index is 1450. The van der Waals surface area contributed by atoms with Crippen LogP contribution in [0.15, 0.2) is 46.9 Å². The van der Waals surface area contributed by atoms with Crippen LogP contribution in [0.1, 0.15) is 51.4 Å². The van der Waals surface area contributed by atoms with Crippen molar-refractivity contribution in [1.82, 2.24) is 14.5 Å². The number of hydrogen-bond donors (Lipinski definition) is 1. The molecule has 10 nitrogen and oxygen atoms in total. The first-order valence-electron chi connectivity index (χ1n) is 14.0. The maximum atomic E-state index is 14.3. The van der Waals surface area contributed by atoms with Crippen LogP contribution in [-0.4, -0.2) is 75.2 Å². The third kappa shape index (κ3) is 6.19. The predicted octanol–water partition coefficient (Wildman–Crippen LogP) is 4.74. The molecule has 11 heteroatoms. The van der Waals surface area contributed by atoms with Gasteiger partial charge < -0.3 is 24.3 Å². The van der Waals surface area contributed by atoms with Crippen LogP contribution in [0.4, 0.5) is 5.69 Å². The molecule has 1 spiro atoms. The van der Waals surface area contributed by atoms with Gasteiger partial charge in [-0.25, -0.2) is 15.0 Å². The van der Waals surface area contributed by atoms with E-state index in [0.29, 0.717) is 44.7 Å². The number of rotatable bonds is 8. The number of carbonyl (C=O) groups is 2. The second-order valence-electron chi connectivity index (χ2n) is 12.2. The number of piperidine rings is 1. The molecule has 2 aromatic carbocycles. The summed E-state index contributed by atoms with van der Waals surface area (Å²) in [7, 11) is 1.21. The van der Waals surface area contributed by atoms with Gasteiger partial charge in [0.15, 0.2) is 0 Å². The first-order valence-corrected chi connectivity index (χ1v) is 14.8. The number of benzene rings is 2. The van der Waals surface area contributed by atoms with E-state index in [0.717, 1.165) is 26.8 Å². The SMILES string of the molecule is CC(C)(C)OCC(=O)N1CCC2(CC1)C(=O)N(Cc1nc3cc(Br)ccc3n1CCC[N+](C)([O-])O)c1ccccc12. The molecule has 1 fully saturated rings. The molecule has 1 atom stereocenters. The van der Waals surface area contributed by atoms with Crippen LogP contribution in [0.3, 0.4) is 0 Å². The lowest BCUT2D eigenvalue weighted by molar-refractivity contribution is -1.05. The number of hydroxylamine groups is 4. The minimum Gasteiger partial charge on any atom is -0.599 e. The molecule has 0 bridgehead atoms. The monoisotopic (exact) mass is 627 g/mol. The van der Waals surface area contributed by atoms with Crippen molar-refractivity contribution < 1.29 is 24.3 Å². The van der Waals surface area contributed by atoms with E-state index >= 15 is 0 Å². The van der Waals surface area contributed by atoms with E-state index in [4.69, 9.17) is 9.72 Å². The van der Waals surface area contributed by atoms with Gasteiger partial charge in [-0.1, -0.05) is 34.1 Å². The molecule has 5 rings (SSSR count). The minimum absolute atomic E-state index is 0.0238. The quantitative estimate of drug-likeness (QED) is 0.285. The molecule has 1 aromatic heterocycles. The van der Waals surface area contributed by atoms with E-state index in [2.05, 4.69) is 15.9 Å². The minimum atomic E-state index is -1.35. The summed E-state index contributed by atoms with van der Waals surface area (Å²) in [6.07, 6.45) is 1.53. The predicted molar refractivity (Wildman–Crippen MR) is 159 cm³/mol. The van der Waals surface area contributed by atoms with Gasteiger partial charge in [-0.2, -0.15) is 0 Å². The molecule has 2 aliphatic heterocycles. The van der Waals surface area contributed by atoms with Crippen molar-refractivity contribution in [1.29, 1.82) is 0 Å². The molecule has 0 saturated carbocycles. The summed E-state index contributed by atoms with van der Waals surface area (Å²) in [4.78, 5) is 34.3. The number of hydrogen-bond acceptors (Lipinski definition) is 6. The number of aromatic nitrogens is 2. The lowest BCUT2D eigenvalue weighted by atomic mass is 9.73. The Morgan fingerprint density at radius 3 is 2.59 bits per heavy atom. The lowest BCUT2D eigenvalue weighted by Gasteiger charge is -2.38. The van der Waals surface area contributed by atoms with Crippen LogP contribution < -0.4 is 4.90 Å². The molecule has 220 valence electrons. The molecule has 3 heterocycles. The molecule has 0 aliphatic carbocycles. The van der Waals surface area contributed by atoms with Crippen molar-refractivity contribution in [2.45, 2.75) is 64.1 Å². The molecular weight excluding hydrogens is 590 g/mol. The van der Waals surface area contributed by atoms with Gasteiger partial charge >= 0.3 is 0 Å². The van der Waals surface area contributed by atoms with Crippen molar-refractivity contribution >= 4 is 44.5 Å². The molecule has 41 heavy (non-hydrogen) atoms. The van der Waals surface area contributed by atoms with Crippen LogP contribution in [0, 0.1) is 5.21 Å². The maximum Gasteiger partial charge on any atom is 0.248 e. The highest BCUT2D eigenvalue weighted by Gasteiger charge is 2.52. The highest BCUT2D eigenvalue weighted by Crippen LogP contribution is 2.48. The number of carbonyl (C=O) groups excluding carboxylic acids is 2. The van der Waals surface area contributed by atoms with Gasteiger partial charge in [-0.15, -0.1) is 0 Å². The first-order chi connectivity index (χ1) is 19.3. The van der Waals surface area contributed by atoms with Crippen molar-refractivity contribution in [3.05, 3.63) is 63.5 Å². The second-order valence-corrected chi connectivity index (χ2v) is 13.1. The van der Waals surface area contributed by atoms with E-state index in [1.165, 1.54) is 7.05 Å². The largest absolute Gasteiger partial charge is 0.599 e. The fourth-order valence-electron chi connectivity index (χ4n) is 5.93. The summed E-state index contributed by atoms with van der Waals surface area (Å²) in [5.74, 6) is 0.680. The van der Waals surface area contributed by atoms with Crippen LogP contribution in [0.25, 0.3) is 11.0 Å². The van der Waals surface area contributed by atoms with Gasteiger partial charge in [0.1, 0.15) is 19.0 Å². The smallest absolute Gasteiger partial charge is 0.248 e. The lowest BCUT2D eigenvalue weighted by Crippen LogP contribution is -2.51. The number of imidazole rings is 1. The summed E-state index contributed by atoms with van der Waals surface area (Å²) < 4.78 is 8.64. The van der Waals surface area contributed by atoms with Crippen LogP contribution in [0.5, 0.6) is 0 Å². The second kappa shape index (κ2) is 11.1. The van der Waals surface area contributed by atoms with Gasteiger partial charge in [0.2, 0.25) is 11.8 Å². The standard InChI is InChI=1S/C30H38BrN5O5/c1-29(2,3)41-20-27(37)33-15-12-30(13-16-33)22-8-5-6-9-24(22)35(28(30)38)19-26-32-23-18-21(31)10-11-25(23)34(26)14-7-17-36(4,39)40/h5-6,8-11,18,39H,7,12-17,19-20H2,1-4H3. The fraction of sp³-hybridized carbons (Fsp3) is 0.500. The average molecular weight is 629 g/mol. The molecule has 2 amide bonds. The van der Waals surface area contributed by atoms with E-state index < -0.39 is 15.8 Å². The Morgan fingerprint density at radius 2 is 1.90 bits per heavy atom. The van der Waals surface area contributed by atoms with Crippen LogP contribution in [0.2, 0.25) is 0 Å². The average Bonchev–Trinajstić information content (AvgIpc) is 3.34. The zero-order valence-corrected chi connectivity index (χ0v) is 25.7. The van der Waals surface area contributed by atoms with Gasteiger partial charge in [-0.05, 0) is 63.4 Å². The molecule has 3 aromatic rings. The Labute approximate surface area is 248 Å². The van der Waals surface area contributed by atoms with Crippen LogP contribution in [-0.2, 0) is 32.8 Å². The van der Waals surface area contributed by atoms with E-state index in [9.17, 15) is 20.0 Å². The Kier molecular flexibility index (Phi) is 8.03. The number of anilines is 1. The van der Waals surface area contributed by atoms with Crippen molar-refractivity contribution in [3.63, 3.8) is 0 Å². The topological polar surface area (TPSA) is 111 Å². The van der Waals surface area contributed by atoms with Gasteiger partial charge in [-0.3, -0.25) is 9.59 Å². The summed E-state index contributed by atoms with van der Waals surface area (Å²) in [5, 5.41) is 21.4. The Morgan fingerprint density at radius 1 is 1.20 bits per heavy atom. The van der Waals surface area contributed by atoms with Gasteiger partial charge in [0, 0.05) is 36.2 Å². The normalized spacial score (nSPS) is 18.3. The summed E-state index contributed by atoms with van der Waals surface area (Å²) in [6, 6.07) is 13.8. The zero-order chi connectivity index (χ0) is 29.6. The van der Waals surface area contributed by atoms with E-state index in [-0.39, 0.29) is 31.5 Å². The molecule has 1 saturated heterocycles. The molecular formula is C30H38BrN5O5. The number of amides is 2. The van der Waals surface area contributed by atoms with Crippen molar-refractivity contribution in [2.24, 2.45) is 0 Å². The Hall–Kier alpha value is -2.83. The highest BCUT2D eigenvalue weighted by molar-refractivity contribution is 9.10. The zero-order valence-electron chi connectivity index (χ0n) is 24.1. The first kappa shape index (κ1) is 29.7. The Balaban J connectivity index is 1.40. The van der Waals surface area contributed by atoms with Crippen LogP contribution >= 0.6 is 15.9 Å². The molecule has 2 aliphatic rings. The van der Waals surface area contributed by atoms with Crippen molar-refractivity contribution in [2.75, 3.05) is 38.2 Å². The number of para-hydroxylation sites is 1. The maximum absolute atomic E-state index is 14.3. The van der Waals surface area contributed by atoms with Crippen molar-refractivity contribution in [3.8, 4) is 0 Å². The third-order valence-electron chi connectivity index (χ3n) is 8.01. The van der Waals surface area contributed by atoms with Gasteiger partial charge in [0.05, 0.1) is 35.6 Å². The highest BCUT2D eigenvalue weighted by atomic mass is 79.9. The molecule has 0 radical (unpaired) electrons. The summed E-state index contributed by atoms with van der Waals surface area (Å²) in [6.45, 7) is 7.57. The van der Waals surface area contributed by atoms with E-state index in [1.54, 1.807) is 4.90 Å². The number of aryl methyl sites for hydroxylation is 1. The fourth-order valence-corrected chi connectivity index (χ4v) is 6.28. The number of fused-ring (bicyclic) bond motifs is 3. The third-order valence-corrected chi connectivity index (χ3v) is 8.50. The number of halogens is 1. The number of nitrogens with zero attached hydrogens (tertiary/aromatic N) is 5. The van der Waals surface area contributed by atoms with E-state index in [1.807, 2.05) is 72.7 Å². The number of likely N-dealkylation sites (tertiary alicyclic amines) is 1. The number of quaternary nitrogens is 1. The molecule has 1 unspecified atom stereocenters. The number of ether oxygens (including phenoxy) is 1.